The summed E-state index contributed by atoms with van der Waals surface area (Å²) in [6.45, 7) is 8.34. The van der Waals surface area contributed by atoms with E-state index >= 15 is 0 Å². The molecule has 0 saturated heterocycles. The smallest absolute Gasteiger partial charge is 0.316 e. The summed E-state index contributed by atoms with van der Waals surface area (Å²) in [6, 6.07) is 5.78. The normalized spacial score (nSPS) is 10.5. The summed E-state index contributed by atoms with van der Waals surface area (Å²) in [5.41, 5.74) is 2.89. The first-order chi connectivity index (χ1) is 12.3. The molecule has 0 aliphatic heterocycles. The molecule has 0 aliphatic carbocycles. The van der Waals surface area contributed by atoms with Gasteiger partial charge in [0, 0.05) is 12.2 Å². The zero-order valence-electron chi connectivity index (χ0n) is 15.9. The van der Waals surface area contributed by atoms with Crippen molar-refractivity contribution in [1.82, 2.24) is 5.32 Å². The van der Waals surface area contributed by atoms with Gasteiger partial charge in [-0.05, 0) is 37.8 Å². The molecule has 0 radical (unpaired) electrons. The molecule has 0 spiro atoms. The third kappa shape index (κ3) is 9.46. The van der Waals surface area contributed by atoms with Gasteiger partial charge in [-0.15, -0.1) is 11.8 Å². The van der Waals surface area contributed by atoms with Gasteiger partial charge in [0.15, 0.2) is 6.61 Å². The highest BCUT2D eigenvalue weighted by Gasteiger charge is 2.10. The Morgan fingerprint density at radius 1 is 1.12 bits per heavy atom. The maximum atomic E-state index is 11.9. The van der Waals surface area contributed by atoms with Crippen molar-refractivity contribution >= 4 is 35.2 Å². The highest BCUT2D eigenvalue weighted by Crippen LogP contribution is 2.16. The number of hydrogen-bond donors (Lipinski definition) is 2. The van der Waals surface area contributed by atoms with Gasteiger partial charge >= 0.3 is 5.97 Å². The number of ether oxygens (including phenoxy) is 1. The minimum Gasteiger partial charge on any atom is -0.455 e. The summed E-state index contributed by atoms with van der Waals surface area (Å²) in [4.78, 5) is 35.0. The van der Waals surface area contributed by atoms with Gasteiger partial charge < -0.3 is 15.4 Å². The standard InChI is InChI=1S/C19H28N2O4S/c1-13(2)7-8-20-17(22)10-25-19(24)12-26-11-18(23)21-16-6-5-14(3)9-15(16)4/h5-6,9,13H,7-8,10-12H2,1-4H3,(H,20,22)(H,21,23). The van der Waals surface area contributed by atoms with Gasteiger partial charge in [0.25, 0.3) is 5.91 Å². The molecule has 2 amide bonds. The lowest BCUT2D eigenvalue weighted by molar-refractivity contribution is -0.145. The summed E-state index contributed by atoms with van der Waals surface area (Å²) in [5.74, 6) is -0.321. The lowest BCUT2D eigenvalue weighted by Gasteiger charge is -2.09. The molecule has 1 aromatic rings. The molecule has 2 N–H and O–H groups in total. The van der Waals surface area contributed by atoms with Gasteiger partial charge in [-0.25, -0.2) is 0 Å². The van der Waals surface area contributed by atoms with Crippen LogP contribution in [0, 0.1) is 19.8 Å². The highest BCUT2D eigenvalue weighted by molar-refractivity contribution is 8.00. The van der Waals surface area contributed by atoms with E-state index in [0.717, 1.165) is 35.0 Å². The Hall–Kier alpha value is -2.02. The van der Waals surface area contributed by atoms with Crippen molar-refractivity contribution in [2.75, 3.05) is 30.0 Å². The van der Waals surface area contributed by atoms with E-state index in [0.29, 0.717) is 12.5 Å². The summed E-state index contributed by atoms with van der Waals surface area (Å²) in [5, 5.41) is 5.51. The number of benzene rings is 1. The van der Waals surface area contributed by atoms with E-state index in [2.05, 4.69) is 24.5 Å². The third-order valence-electron chi connectivity index (χ3n) is 3.52. The van der Waals surface area contributed by atoms with Crippen molar-refractivity contribution in [3.63, 3.8) is 0 Å². The lowest BCUT2D eigenvalue weighted by Crippen LogP contribution is -2.30. The van der Waals surface area contributed by atoms with Gasteiger partial charge in [0.2, 0.25) is 5.91 Å². The van der Waals surface area contributed by atoms with Crippen molar-refractivity contribution in [3.8, 4) is 0 Å². The van der Waals surface area contributed by atoms with Gasteiger partial charge in [-0.3, -0.25) is 14.4 Å². The van der Waals surface area contributed by atoms with Crippen LogP contribution in [0.15, 0.2) is 18.2 Å². The molecule has 7 heteroatoms. The fourth-order valence-corrected chi connectivity index (χ4v) is 2.72. The Morgan fingerprint density at radius 2 is 1.85 bits per heavy atom. The van der Waals surface area contributed by atoms with Crippen LogP contribution in [0.2, 0.25) is 0 Å². The van der Waals surface area contributed by atoms with E-state index in [1.165, 1.54) is 0 Å². The Kier molecular flexibility index (Phi) is 9.80. The number of carbonyl (C=O) groups is 3. The average molecular weight is 381 g/mol. The second-order valence-corrected chi connectivity index (χ2v) is 7.54. The largest absolute Gasteiger partial charge is 0.455 e. The fraction of sp³-hybridized carbons (Fsp3) is 0.526. The number of nitrogens with one attached hydrogen (secondary N) is 2. The topological polar surface area (TPSA) is 84.5 Å². The number of esters is 1. The molecule has 1 rings (SSSR count). The number of thioether (sulfide) groups is 1. The Labute approximate surface area is 159 Å². The van der Waals surface area contributed by atoms with E-state index < -0.39 is 5.97 Å². The predicted octanol–water partition coefficient (Wildman–Crippen LogP) is 2.68. The van der Waals surface area contributed by atoms with Crippen LogP contribution in [0.4, 0.5) is 5.69 Å². The summed E-state index contributed by atoms with van der Waals surface area (Å²) >= 11 is 1.15. The molecular formula is C19H28N2O4S. The number of amides is 2. The van der Waals surface area contributed by atoms with Crippen molar-refractivity contribution in [2.24, 2.45) is 5.92 Å². The molecule has 0 unspecified atom stereocenters. The number of anilines is 1. The molecular weight excluding hydrogens is 352 g/mol. The minimum absolute atomic E-state index is 0.0274. The van der Waals surface area contributed by atoms with Crippen LogP contribution < -0.4 is 10.6 Å². The summed E-state index contributed by atoms with van der Waals surface area (Å²) in [6.07, 6.45) is 0.880. The molecule has 0 saturated carbocycles. The van der Waals surface area contributed by atoms with Crippen LogP contribution >= 0.6 is 11.8 Å². The van der Waals surface area contributed by atoms with Gasteiger partial charge in [-0.2, -0.15) is 0 Å². The van der Waals surface area contributed by atoms with Gasteiger partial charge in [-0.1, -0.05) is 31.5 Å². The van der Waals surface area contributed by atoms with Crippen LogP contribution in [0.25, 0.3) is 0 Å². The first-order valence-corrected chi connectivity index (χ1v) is 9.80. The number of aryl methyl sites for hydroxylation is 2. The summed E-state index contributed by atoms with van der Waals surface area (Å²) in [7, 11) is 0. The van der Waals surface area contributed by atoms with E-state index in [9.17, 15) is 14.4 Å². The first kappa shape index (κ1) is 22.0. The number of hydrogen-bond acceptors (Lipinski definition) is 5. The highest BCUT2D eigenvalue weighted by atomic mass is 32.2. The minimum atomic E-state index is -0.506. The van der Waals surface area contributed by atoms with Crippen molar-refractivity contribution in [2.45, 2.75) is 34.1 Å². The van der Waals surface area contributed by atoms with Crippen LogP contribution in [0.5, 0.6) is 0 Å². The molecule has 6 nitrogen and oxygen atoms in total. The second-order valence-electron chi connectivity index (χ2n) is 6.55. The molecule has 0 fully saturated rings. The monoisotopic (exact) mass is 380 g/mol. The van der Waals surface area contributed by atoms with Crippen LogP contribution in [0.3, 0.4) is 0 Å². The SMILES string of the molecule is Cc1ccc(NC(=O)CSCC(=O)OCC(=O)NCCC(C)C)c(C)c1. The third-order valence-corrected chi connectivity index (χ3v) is 4.42. The molecule has 0 aliphatic rings. The number of carbonyl (C=O) groups excluding carboxylic acids is 3. The Balaban J connectivity index is 2.18. The quantitative estimate of drug-likeness (QED) is 0.610. The van der Waals surface area contributed by atoms with Crippen molar-refractivity contribution in [3.05, 3.63) is 29.3 Å². The van der Waals surface area contributed by atoms with Crippen molar-refractivity contribution < 1.29 is 19.1 Å². The average Bonchev–Trinajstić information content (AvgIpc) is 2.55. The van der Waals surface area contributed by atoms with E-state index in [1.807, 2.05) is 32.0 Å². The second kappa shape index (κ2) is 11.6. The van der Waals surface area contributed by atoms with Crippen molar-refractivity contribution in [1.29, 1.82) is 0 Å². The maximum absolute atomic E-state index is 11.9. The molecule has 1 aromatic carbocycles. The zero-order valence-corrected chi connectivity index (χ0v) is 16.7. The zero-order chi connectivity index (χ0) is 19.5. The maximum Gasteiger partial charge on any atom is 0.316 e. The van der Waals surface area contributed by atoms with Crippen LogP contribution in [-0.2, 0) is 19.1 Å². The molecule has 0 heterocycles. The Bertz CT molecular complexity index is 632. The van der Waals surface area contributed by atoms with Gasteiger partial charge in [0.05, 0.1) is 11.5 Å². The molecule has 144 valence electrons. The Morgan fingerprint density at radius 3 is 2.50 bits per heavy atom. The van der Waals surface area contributed by atoms with Crippen LogP contribution in [0.1, 0.15) is 31.4 Å². The first-order valence-electron chi connectivity index (χ1n) is 8.65. The lowest BCUT2D eigenvalue weighted by atomic mass is 10.1. The molecule has 0 atom stereocenters. The molecule has 26 heavy (non-hydrogen) atoms. The van der Waals surface area contributed by atoms with E-state index in [-0.39, 0.29) is 29.9 Å². The van der Waals surface area contributed by atoms with E-state index in [4.69, 9.17) is 4.74 Å². The predicted molar refractivity (Wildman–Crippen MR) is 105 cm³/mol. The summed E-state index contributed by atoms with van der Waals surface area (Å²) < 4.78 is 4.89. The molecule has 0 bridgehead atoms. The number of rotatable bonds is 10. The molecule has 0 aromatic heterocycles. The fourth-order valence-electron chi connectivity index (χ4n) is 2.11. The van der Waals surface area contributed by atoms with E-state index in [1.54, 1.807) is 0 Å². The van der Waals surface area contributed by atoms with Crippen LogP contribution in [-0.4, -0.2) is 42.4 Å². The van der Waals surface area contributed by atoms with Gasteiger partial charge in [0.1, 0.15) is 0 Å².